The lowest BCUT2D eigenvalue weighted by atomic mass is 10.3. The number of anilines is 1. The molecule has 1 N–H and O–H groups in total. The zero-order valence-corrected chi connectivity index (χ0v) is 17.4. The SMILES string of the molecule is O=C(COc1ccc(F)cc1)Nc1cccc(OCc2cc(=O)n3cc(Cl)ccc3n2)c1. The van der Waals surface area contributed by atoms with E-state index in [0.717, 1.165) is 0 Å². The first-order valence-corrected chi connectivity index (χ1v) is 9.93. The van der Waals surface area contributed by atoms with E-state index in [9.17, 15) is 14.0 Å². The van der Waals surface area contributed by atoms with Crippen LogP contribution in [0.4, 0.5) is 10.1 Å². The summed E-state index contributed by atoms with van der Waals surface area (Å²) in [7, 11) is 0. The summed E-state index contributed by atoms with van der Waals surface area (Å²) in [6.07, 6.45) is 1.50. The van der Waals surface area contributed by atoms with Crippen LogP contribution >= 0.6 is 11.6 Å². The number of fused-ring (bicyclic) bond motifs is 1. The number of aromatic nitrogens is 2. The fourth-order valence-electron chi connectivity index (χ4n) is 2.90. The van der Waals surface area contributed by atoms with Crippen LogP contribution in [0.2, 0.25) is 5.02 Å². The molecular weight excluding hydrogens is 437 g/mol. The van der Waals surface area contributed by atoms with Crippen LogP contribution in [0, 0.1) is 5.82 Å². The second-order valence-electron chi connectivity index (χ2n) is 6.77. The van der Waals surface area contributed by atoms with Gasteiger partial charge >= 0.3 is 0 Å². The highest BCUT2D eigenvalue weighted by Crippen LogP contribution is 2.19. The minimum Gasteiger partial charge on any atom is -0.487 e. The second-order valence-corrected chi connectivity index (χ2v) is 7.20. The summed E-state index contributed by atoms with van der Waals surface area (Å²) in [6, 6.07) is 16.9. The van der Waals surface area contributed by atoms with Crippen LogP contribution in [0.25, 0.3) is 5.65 Å². The molecule has 1 amide bonds. The molecule has 9 heteroatoms. The Bertz CT molecular complexity index is 1330. The van der Waals surface area contributed by atoms with Crippen molar-refractivity contribution < 1.29 is 18.7 Å². The highest BCUT2D eigenvalue weighted by atomic mass is 35.5. The van der Waals surface area contributed by atoms with Crippen molar-refractivity contribution in [3.8, 4) is 11.5 Å². The molecule has 0 aliphatic rings. The van der Waals surface area contributed by atoms with Crippen molar-refractivity contribution in [2.75, 3.05) is 11.9 Å². The Labute approximate surface area is 187 Å². The van der Waals surface area contributed by atoms with Crippen LogP contribution in [0.1, 0.15) is 5.69 Å². The van der Waals surface area contributed by atoms with Gasteiger partial charge in [0.05, 0.1) is 10.7 Å². The van der Waals surface area contributed by atoms with Crippen LogP contribution < -0.4 is 20.3 Å². The number of hydrogen-bond donors (Lipinski definition) is 1. The van der Waals surface area contributed by atoms with Gasteiger partial charge in [-0.05, 0) is 48.5 Å². The Hall–Kier alpha value is -3.91. The highest BCUT2D eigenvalue weighted by molar-refractivity contribution is 6.30. The van der Waals surface area contributed by atoms with E-state index >= 15 is 0 Å². The lowest BCUT2D eigenvalue weighted by molar-refractivity contribution is -0.118. The fourth-order valence-corrected chi connectivity index (χ4v) is 3.06. The molecule has 162 valence electrons. The Morgan fingerprint density at radius 1 is 1.03 bits per heavy atom. The van der Waals surface area contributed by atoms with E-state index in [4.69, 9.17) is 21.1 Å². The molecule has 0 spiro atoms. The molecule has 32 heavy (non-hydrogen) atoms. The first-order valence-electron chi connectivity index (χ1n) is 9.55. The summed E-state index contributed by atoms with van der Waals surface area (Å²) < 4.78 is 25.3. The van der Waals surface area contributed by atoms with Crippen LogP contribution in [0.5, 0.6) is 11.5 Å². The predicted octanol–water partition coefficient (Wildman–Crippen LogP) is 4.08. The molecule has 4 rings (SSSR count). The third kappa shape index (κ3) is 5.41. The molecule has 0 radical (unpaired) electrons. The third-order valence-corrected chi connectivity index (χ3v) is 4.59. The number of nitrogens with zero attached hydrogens (tertiary/aromatic N) is 2. The Kier molecular flexibility index (Phi) is 6.32. The molecule has 0 aliphatic heterocycles. The summed E-state index contributed by atoms with van der Waals surface area (Å²) in [5.41, 5.74) is 1.16. The van der Waals surface area contributed by atoms with E-state index in [0.29, 0.717) is 33.6 Å². The van der Waals surface area contributed by atoms with Gasteiger partial charge in [0.1, 0.15) is 29.6 Å². The van der Waals surface area contributed by atoms with Gasteiger partial charge in [-0.15, -0.1) is 0 Å². The first kappa shape index (κ1) is 21.3. The maximum atomic E-state index is 12.9. The van der Waals surface area contributed by atoms with Crippen LogP contribution in [0.15, 0.2) is 77.7 Å². The molecule has 4 aromatic rings. The number of ether oxygens (including phenoxy) is 2. The molecule has 0 aliphatic carbocycles. The number of nitrogens with one attached hydrogen (secondary N) is 1. The number of pyridine rings is 1. The zero-order chi connectivity index (χ0) is 22.5. The molecule has 2 aromatic heterocycles. The number of rotatable bonds is 7. The Morgan fingerprint density at radius 2 is 1.84 bits per heavy atom. The average Bonchev–Trinajstić information content (AvgIpc) is 2.78. The van der Waals surface area contributed by atoms with Crippen molar-refractivity contribution in [2.45, 2.75) is 6.61 Å². The maximum absolute atomic E-state index is 12.9. The van der Waals surface area contributed by atoms with Crippen molar-refractivity contribution in [2.24, 2.45) is 0 Å². The quantitative estimate of drug-likeness (QED) is 0.456. The predicted molar refractivity (Wildman–Crippen MR) is 118 cm³/mol. The maximum Gasteiger partial charge on any atom is 0.262 e. The molecule has 0 atom stereocenters. The Balaban J connectivity index is 1.36. The average molecular weight is 454 g/mol. The first-order chi connectivity index (χ1) is 15.5. The number of benzene rings is 2. The van der Waals surface area contributed by atoms with Crippen molar-refractivity contribution in [3.05, 3.63) is 99.8 Å². The van der Waals surface area contributed by atoms with Gasteiger partial charge in [0, 0.05) is 24.0 Å². The van der Waals surface area contributed by atoms with Crippen LogP contribution in [-0.4, -0.2) is 21.9 Å². The number of carbonyl (C=O) groups excluding carboxylic acids is 1. The molecule has 0 saturated heterocycles. The summed E-state index contributed by atoms with van der Waals surface area (Å²) in [5.74, 6) is 0.113. The molecule has 0 bridgehead atoms. The van der Waals surface area contributed by atoms with Gasteiger partial charge < -0.3 is 14.8 Å². The van der Waals surface area contributed by atoms with E-state index in [1.807, 2.05) is 0 Å². The summed E-state index contributed by atoms with van der Waals surface area (Å²) >= 11 is 5.92. The molecule has 0 unspecified atom stereocenters. The highest BCUT2D eigenvalue weighted by Gasteiger charge is 2.07. The van der Waals surface area contributed by atoms with Gasteiger partial charge in [0.15, 0.2) is 6.61 Å². The van der Waals surface area contributed by atoms with E-state index < -0.39 is 0 Å². The summed E-state index contributed by atoms with van der Waals surface area (Å²) in [4.78, 5) is 28.8. The lowest BCUT2D eigenvalue weighted by Crippen LogP contribution is -2.20. The van der Waals surface area contributed by atoms with E-state index in [1.165, 1.54) is 40.9 Å². The monoisotopic (exact) mass is 453 g/mol. The smallest absolute Gasteiger partial charge is 0.262 e. The van der Waals surface area contributed by atoms with Crippen molar-refractivity contribution in [1.82, 2.24) is 9.38 Å². The molecule has 7 nitrogen and oxygen atoms in total. The number of carbonyl (C=O) groups is 1. The topological polar surface area (TPSA) is 81.9 Å². The van der Waals surface area contributed by atoms with Gasteiger partial charge in [0.25, 0.3) is 11.5 Å². The van der Waals surface area contributed by atoms with Gasteiger partial charge in [-0.25, -0.2) is 9.37 Å². The van der Waals surface area contributed by atoms with E-state index in [2.05, 4.69) is 10.3 Å². The second kappa shape index (κ2) is 9.49. The number of amides is 1. The normalized spacial score (nSPS) is 10.7. The van der Waals surface area contributed by atoms with Crippen molar-refractivity contribution in [3.63, 3.8) is 0 Å². The molecular formula is C23H17ClFN3O4. The third-order valence-electron chi connectivity index (χ3n) is 4.36. The molecule has 0 fully saturated rings. The number of hydrogen-bond acceptors (Lipinski definition) is 5. The van der Waals surface area contributed by atoms with Gasteiger partial charge in [0.2, 0.25) is 0 Å². The Morgan fingerprint density at radius 3 is 2.66 bits per heavy atom. The molecule has 0 saturated carbocycles. The van der Waals surface area contributed by atoms with Gasteiger partial charge in [-0.1, -0.05) is 17.7 Å². The van der Waals surface area contributed by atoms with Crippen LogP contribution in [0.3, 0.4) is 0 Å². The van der Waals surface area contributed by atoms with Gasteiger partial charge in [-0.2, -0.15) is 0 Å². The molecule has 2 aromatic carbocycles. The standard InChI is InChI=1S/C23H17ClFN3O4/c24-15-4-9-21-26-18(11-23(30)28(21)12-15)13-31-20-3-1-2-17(10-20)27-22(29)14-32-19-7-5-16(25)6-8-19/h1-12H,13-14H2,(H,27,29). The largest absolute Gasteiger partial charge is 0.487 e. The van der Waals surface area contributed by atoms with E-state index in [-0.39, 0.29) is 30.5 Å². The summed E-state index contributed by atoms with van der Waals surface area (Å²) in [6.45, 7) is -0.162. The molecule has 2 heterocycles. The van der Waals surface area contributed by atoms with Crippen LogP contribution in [-0.2, 0) is 11.4 Å². The van der Waals surface area contributed by atoms with E-state index in [1.54, 1.807) is 36.4 Å². The van der Waals surface area contributed by atoms with Crippen molar-refractivity contribution >= 4 is 28.8 Å². The number of halogens is 2. The lowest BCUT2D eigenvalue weighted by Gasteiger charge is -2.10. The van der Waals surface area contributed by atoms with Gasteiger partial charge in [-0.3, -0.25) is 14.0 Å². The van der Waals surface area contributed by atoms with Crippen molar-refractivity contribution in [1.29, 1.82) is 0 Å². The zero-order valence-electron chi connectivity index (χ0n) is 16.6. The summed E-state index contributed by atoms with van der Waals surface area (Å²) in [5, 5.41) is 3.14. The fraction of sp³-hybridized carbons (Fsp3) is 0.0870. The minimum absolute atomic E-state index is 0.0689. The minimum atomic E-state index is -0.382.